The molecule has 2 aromatic carbocycles. The highest BCUT2D eigenvalue weighted by Crippen LogP contribution is 2.41. The topological polar surface area (TPSA) is 135 Å². The molecular formula is C29H35N5O4. The average Bonchev–Trinajstić information content (AvgIpc) is 2.79. The summed E-state index contributed by atoms with van der Waals surface area (Å²) in [7, 11) is 0. The van der Waals surface area contributed by atoms with E-state index in [4.69, 9.17) is 25.7 Å². The highest BCUT2D eigenvalue weighted by atomic mass is 16.6. The molecule has 0 aliphatic carbocycles. The summed E-state index contributed by atoms with van der Waals surface area (Å²) in [4.78, 5) is 20.2. The lowest BCUT2D eigenvalue weighted by molar-refractivity contribution is 0.0636. The van der Waals surface area contributed by atoms with Crippen molar-refractivity contribution < 1.29 is 19.0 Å². The minimum absolute atomic E-state index is 0.144. The van der Waals surface area contributed by atoms with Gasteiger partial charge in [0.2, 0.25) is 5.95 Å². The van der Waals surface area contributed by atoms with E-state index in [0.29, 0.717) is 23.7 Å². The number of anilines is 3. The molecule has 1 aliphatic rings. The summed E-state index contributed by atoms with van der Waals surface area (Å²) in [5, 5.41) is 2.77. The Balaban J connectivity index is 1.55. The minimum atomic E-state index is -0.570. The van der Waals surface area contributed by atoms with E-state index >= 15 is 0 Å². The Bertz CT molecular complexity index is 1360. The molecule has 1 amide bonds. The number of benzene rings is 2. The molecule has 4 rings (SSSR count). The smallest absolute Gasteiger partial charge is 0.412 e. The van der Waals surface area contributed by atoms with E-state index in [9.17, 15) is 4.79 Å². The fourth-order valence-corrected chi connectivity index (χ4v) is 4.19. The molecule has 0 bridgehead atoms. The Morgan fingerprint density at radius 3 is 2.50 bits per heavy atom. The summed E-state index contributed by atoms with van der Waals surface area (Å²) in [6, 6.07) is 13.4. The molecule has 38 heavy (non-hydrogen) atoms. The second kappa shape index (κ2) is 10.2. The number of ether oxygens (including phenoxy) is 3. The van der Waals surface area contributed by atoms with Crippen molar-refractivity contribution in [3.8, 4) is 11.5 Å². The molecule has 200 valence electrons. The van der Waals surface area contributed by atoms with Gasteiger partial charge < -0.3 is 25.7 Å². The third-order valence-corrected chi connectivity index (χ3v) is 5.71. The van der Waals surface area contributed by atoms with E-state index in [0.717, 1.165) is 28.0 Å². The zero-order valence-electron chi connectivity index (χ0n) is 22.7. The third-order valence-electron chi connectivity index (χ3n) is 5.71. The van der Waals surface area contributed by atoms with Crippen molar-refractivity contribution in [2.24, 2.45) is 0 Å². The van der Waals surface area contributed by atoms with E-state index in [-0.39, 0.29) is 12.1 Å². The second-order valence-electron chi connectivity index (χ2n) is 10.9. The fourth-order valence-electron chi connectivity index (χ4n) is 4.19. The van der Waals surface area contributed by atoms with Crippen LogP contribution in [0, 0.1) is 0 Å². The highest BCUT2D eigenvalue weighted by Gasteiger charge is 2.28. The van der Waals surface area contributed by atoms with Crippen LogP contribution < -0.4 is 26.3 Å². The summed E-state index contributed by atoms with van der Waals surface area (Å²) in [5.74, 6) is 1.96. The van der Waals surface area contributed by atoms with E-state index in [1.54, 1.807) is 6.20 Å². The molecule has 0 spiro atoms. The molecule has 9 heteroatoms. The monoisotopic (exact) mass is 517 g/mol. The van der Waals surface area contributed by atoms with Gasteiger partial charge in [-0.3, -0.25) is 5.32 Å². The van der Waals surface area contributed by atoms with Crippen molar-refractivity contribution in [2.75, 3.05) is 16.8 Å². The van der Waals surface area contributed by atoms with Crippen LogP contribution in [-0.2, 0) is 11.2 Å². The van der Waals surface area contributed by atoms with E-state index in [2.05, 4.69) is 21.4 Å². The number of nitrogens with two attached hydrogens (primary N) is 2. The lowest BCUT2D eigenvalue weighted by Crippen LogP contribution is -2.29. The van der Waals surface area contributed by atoms with Gasteiger partial charge in [0.25, 0.3) is 0 Å². The number of fused-ring (bicyclic) bond motifs is 1. The number of amides is 1. The maximum Gasteiger partial charge on any atom is 0.412 e. The predicted octanol–water partition coefficient (Wildman–Crippen LogP) is 5.60. The summed E-state index contributed by atoms with van der Waals surface area (Å²) in [5.41, 5.74) is 14.8. The summed E-state index contributed by atoms with van der Waals surface area (Å²) in [6.07, 6.45) is 3.56. The fraction of sp³-hybridized carbons (Fsp3) is 0.345. The van der Waals surface area contributed by atoms with Gasteiger partial charge in [0, 0.05) is 29.4 Å². The predicted molar refractivity (Wildman–Crippen MR) is 149 cm³/mol. The van der Waals surface area contributed by atoms with Crippen LogP contribution in [0.5, 0.6) is 11.5 Å². The van der Waals surface area contributed by atoms with E-state index < -0.39 is 17.3 Å². The van der Waals surface area contributed by atoms with Gasteiger partial charge in [-0.05, 0) is 89.1 Å². The molecule has 9 nitrogen and oxygen atoms in total. The second-order valence-corrected chi connectivity index (χ2v) is 10.9. The third kappa shape index (κ3) is 6.73. The van der Waals surface area contributed by atoms with Gasteiger partial charge in [-0.25, -0.2) is 9.78 Å². The standard InChI is InChI=1S/C29H35N5O4/c1-17(13-19-16-32-26(31)34-25(19)30)36-21-11-12-24-22(14-21)23(15-29(5,6)37-24)18-7-9-20(10-8-18)33-27(35)38-28(2,3)4/h7-12,14-17H,13H2,1-6H3,(H,33,35)(H4,30,31,32,34). The lowest BCUT2D eigenvalue weighted by atomic mass is 9.90. The van der Waals surface area contributed by atoms with Crippen molar-refractivity contribution in [3.63, 3.8) is 0 Å². The van der Waals surface area contributed by atoms with Gasteiger partial charge in [-0.15, -0.1) is 0 Å². The number of nitrogens with zero attached hydrogens (tertiary/aromatic N) is 2. The van der Waals surface area contributed by atoms with E-state index in [1.165, 1.54) is 0 Å². The Morgan fingerprint density at radius 2 is 1.84 bits per heavy atom. The number of aromatic nitrogens is 2. The number of carbonyl (C=O) groups is 1. The normalized spacial score (nSPS) is 14.9. The number of hydrogen-bond acceptors (Lipinski definition) is 8. The SMILES string of the molecule is CC(Cc1cnc(N)nc1N)Oc1ccc2c(c1)C(c1ccc(NC(=O)OC(C)(C)C)cc1)=CC(C)(C)O2. The van der Waals surface area contributed by atoms with Crippen LogP contribution in [-0.4, -0.2) is 33.4 Å². The lowest BCUT2D eigenvalue weighted by Gasteiger charge is -2.32. The highest BCUT2D eigenvalue weighted by molar-refractivity contribution is 5.88. The van der Waals surface area contributed by atoms with Crippen LogP contribution in [0.1, 0.15) is 58.2 Å². The zero-order chi connectivity index (χ0) is 27.7. The Morgan fingerprint density at radius 1 is 1.13 bits per heavy atom. The van der Waals surface area contributed by atoms with Gasteiger partial charge in [0.15, 0.2) is 0 Å². The molecule has 5 N–H and O–H groups in total. The van der Waals surface area contributed by atoms with Crippen LogP contribution in [0.3, 0.4) is 0 Å². The van der Waals surface area contributed by atoms with E-state index in [1.807, 2.05) is 84.0 Å². The van der Waals surface area contributed by atoms with Crippen LogP contribution in [0.15, 0.2) is 54.7 Å². The average molecular weight is 518 g/mol. The number of hydrogen-bond donors (Lipinski definition) is 3. The molecule has 0 saturated heterocycles. The summed E-state index contributed by atoms with van der Waals surface area (Å²) < 4.78 is 17.8. The van der Waals surface area contributed by atoms with Crippen LogP contribution in [0.25, 0.3) is 5.57 Å². The number of nitrogens with one attached hydrogen (secondary N) is 1. The van der Waals surface area contributed by atoms with Gasteiger partial charge in [-0.2, -0.15) is 4.98 Å². The largest absolute Gasteiger partial charge is 0.490 e. The first-order valence-corrected chi connectivity index (χ1v) is 12.5. The maximum atomic E-state index is 12.1. The van der Waals surface area contributed by atoms with Crippen LogP contribution in [0.4, 0.5) is 22.2 Å². The van der Waals surface area contributed by atoms with Crippen LogP contribution in [0.2, 0.25) is 0 Å². The summed E-state index contributed by atoms with van der Waals surface area (Å²) in [6.45, 7) is 11.5. The molecule has 3 aromatic rings. The first-order chi connectivity index (χ1) is 17.8. The van der Waals surface area contributed by atoms with Crippen molar-refractivity contribution in [1.82, 2.24) is 9.97 Å². The number of rotatable bonds is 6. The van der Waals surface area contributed by atoms with Gasteiger partial charge in [0.1, 0.15) is 34.6 Å². The van der Waals surface area contributed by atoms with Crippen molar-refractivity contribution in [2.45, 2.75) is 65.3 Å². The summed E-state index contributed by atoms with van der Waals surface area (Å²) >= 11 is 0. The Hall–Kier alpha value is -4.27. The van der Waals surface area contributed by atoms with Crippen LogP contribution >= 0.6 is 0 Å². The molecular weight excluding hydrogens is 482 g/mol. The molecule has 1 unspecified atom stereocenters. The van der Waals surface area contributed by atoms with Gasteiger partial charge in [0.05, 0.1) is 0 Å². The molecule has 0 fully saturated rings. The van der Waals surface area contributed by atoms with Gasteiger partial charge >= 0.3 is 6.09 Å². The molecule has 0 saturated carbocycles. The zero-order valence-corrected chi connectivity index (χ0v) is 22.7. The Kier molecular flexibility index (Phi) is 7.22. The van der Waals surface area contributed by atoms with Crippen molar-refractivity contribution >= 4 is 29.1 Å². The first-order valence-electron chi connectivity index (χ1n) is 12.5. The van der Waals surface area contributed by atoms with Gasteiger partial charge in [-0.1, -0.05) is 12.1 Å². The number of nitrogen functional groups attached to an aromatic ring is 2. The molecule has 0 radical (unpaired) electrons. The quantitative estimate of drug-likeness (QED) is 0.385. The van der Waals surface area contributed by atoms with Crippen molar-refractivity contribution in [3.05, 3.63) is 71.4 Å². The molecule has 2 heterocycles. The minimum Gasteiger partial charge on any atom is -0.490 e. The molecule has 1 aliphatic heterocycles. The molecule has 1 atom stereocenters. The maximum absolute atomic E-state index is 12.1. The number of carbonyl (C=O) groups excluding carboxylic acids is 1. The Labute approximate surface area is 223 Å². The first kappa shape index (κ1) is 26.8. The van der Waals surface area contributed by atoms with Crippen molar-refractivity contribution in [1.29, 1.82) is 0 Å². The molecule has 1 aromatic heterocycles.